The third-order valence-electron chi connectivity index (χ3n) is 2.85. The smallest absolute Gasteiger partial charge is 0.259 e. The number of hydrogen-bond acceptors (Lipinski definition) is 2. The van der Waals surface area contributed by atoms with Crippen molar-refractivity contribution < 1.29 is 9.18 Å². The van der Waals surface area contributed by atoms with Gasteiger partial charge in [0, 0.05) is 12.7 Å². The topological polar surface area (TPSA) is 44.1 Å². The molecule has 0 bridgehead atoms. The Morgan fingerprint density at radius 1 is 1.30 bits per heavy atom. The van der Waals surface area contributed by atoms with Crippen molar-refractivity contribution in [3.05, 3.63) is 63.9 Å². The fourth-order valence-corrected chi connectivity index (χ4v) is 2.18. The van der Waals surface area contributed by atoms with E-state index in [0.717, 1.165) is 0 Å². The second kappa shape index (κ2) is 5.85. The van der Waals surface area contributed by atoms with Crippen LogP contribution in [0.3, 0.4) is 0 Å². The molecule has 0 aliphatic rings. The molecule has 0 aromatic heterocycles. The lowest BCUT2D eigenvalue weighted by Gasteiger charge is -2.18. The van der Waals surface area contributed by atoms with Crippen molar-refractivity contribution in [1.82, 2.24) is 0 Å². The maximum absolute atomic E-state index is 13.5. The number of anilines is 1. The van der Waals surface area contributed by atoms with Gasteiger partial charge in [0.25, 0.3) is 5.91 Å². The number of hydrogen-bond donors (Lipinski definition) is 0. The van der Waals surface area contributed by atoms with Crippen molar-refractivity contribution in [2.75, 3.05) is 11.9 Å². The number of carbonyl (C=O) groups is 1. The van der Waals surface area contributed by atoms with Crippen molar-refractivity contribution in [3.8, 4) is 6.07 Å². The summed E-state index contributed by atoms with van der Waals surface area (Å²) in [7, 11) is 1.58. The zero-order valence-corrected chi connectivity index (χ0v) is 12.2. The molecule has 0 saturated heterocycles. The maximum atomic E-state index is 13.5. The van der Waals surface area contributed by atoms with E-state index in [4.69, 9.17) is 5.26 Å². The molecule has 0 aliphatic carbocycles. The lowest BCUT2D eigenvalue weighted by Crippen LogP contribution is -2.26. The first kappa shape index (κ1) is 14.2. The average molecular weight is 333 g/mol. The molecular weight excluding hydrogens is 323 g/mol. The van der Waals surface area contributed by atoms with E-state index < -0.39 is 5.82 Å². The van der Waals surface area contributed by atoms with Crippen LogP contribution in [0.1, 0.15) is 15.9 Å². The van der Waals surface area contributed by atoms with Crippen LogP contribution in [0.4, 0.5) is 10.1 Å². The summed E-state index contributed by atoms with van der Waals surface area (Å²) in [5, 5.41) is 8.87. The van der Waals surface area contributed by atoms with Gasteiger partial charge in [-0.1, -0.05) is 12.1 Å². The number of benzene rings is 2. The third kappa shape index (κ3) is 2.70. The molecule has 2 rings (SSSR count). The summed E-state index contributed by atoms with van der Waals surface area (Å²) < 4.78 is 13.6. The van der Waals surface area contributed by atoms with Crippen LogP contribution in [-0.2, 0) is 0 Å². The Kier molecular flexibility index (Phi) is 4.16. The number of nitrogens with zero attached hydrogens (tertiary/aromatic N) is 2. The predicted octanol–water partition coefficient (Wildman–Crippen LogP) is 3.74. The van der Waals surface area contributed by atoms with Crippen LogP contribution in [0.5, 0.6) is 0 Å². The molecule has 2 aromatic rings. The number of nitriles is 1. The van der Waals surface area contributed by atoms with Gasteiger partial charge in [-0.15, -0.1) is 0 Å². The number of halogens is 2. The van der Waals surface area contributed by atoms with Crippen molar-refractivity contribution >= 4 is 27.5 Å². The second-order valence-corrected chi connectivity index (χ2v) is 4.92. The Morgan fingerprint density at radius 3 is 2.70 bits per heavy atom. The molecule has 100 valence electrons. The standard InChI is InChI=1S/C15H10BrFN2O/c1-19(11-5-2-4-10(8-11)9-18)15(20)12-6-3-7-13(17)14(12)16/h2-8H,1H3. The van der Waals surface area contributed by atoms with Crippen LogP contribution < -0.4 is 4.90 Å². The van der Waals surface area contributed by atoms with Crippen molar-refractivity contribution in [3.63, 3.8) is 0 Å². The molecule has 0 radical (unpaired) electrons. The minimum atomic E-state index is -0.491. The van der Waals surface area contributed by atoms with Crippen LogP contribution in [0.2, 0.25) is 0 Å². The third-order valence-corrected chi connectivity index (χ3v) is 3.66. The molecule has 0 heterocycles. The van der Waals surface area contributed by atoms with Crippen LogP contribution >= 0.6 is 15.9 Å². The van der Waals surface area contributed by atoms with Gasteiger partial charge in [0.1, 0.15) is 5.82 Å². The molecule has 0 saturated carbocycles. The number of amides is 1. The Morgan fingerprint density at radius 2 is 2.00 bits per heavy atom. The van der Waals surface area contributed by atoms with E-state index in [1.54, 1.807) is 37.4 Å². The van der Waals surface area contributed by atoms with E-state index in [2.05, 4.69) is 15.9 Å². The Labute approximate surface area is 124 Å². The van der Waals surface area contributed by atoms with Gasteiger partial charge in [0.15, 0.2) is 0 Å². The van der Waals surface area contributed by atoms with Gasteiger partial charge in [-0.3, -0.25) is 4.79 Å². The van der Waals surface area contributed by atoms with Gasteiger partial charge >= 0.3 is 0 Å². The normalized spacial score (nSPS) is 9.90. The van der Waals surface area contributed by atoms with E-state index in [1.807, 2.05) is 6.07 Å². The lowest BCUT2D eigenvalue weighted by atomic mass is 10.1. The molecule has 2 aromatic carbocycles. The van der Waals surface area contributed by atoms with E-state index in [-0.39, 0.29) is 15.9 Å². The van der Waals surface area contributed by atoms with Gasteiger partial charge in [-0.25, -0.2) is 4.39 Å². The van der Waals surface area contributed by atoms with E-state index in [1.165, 1.54) is 17.0 Å². The van der Waals surface area contributed by atoms with Crippen LogP contribution in [0.15, 0.2) is 46.9 Å². The van der Waals surface area contributed by atoms with E-state index >= 15 is 0 Å². The SMILES string of the molecule is CN(C(=O)c1cccc(F)c1Br)c1cccc(C#N)c1. The molecule has 5 heteroatoms. The Bertz CT molecular complexity index is 709. The van der Waals surface area contributed by atoms with Crippen molar-refractivity contribution in [1.29, 1.82) is 5.26 Å². The molecule has 0 fully saturated rings. The molecule has 0 aliphatic heterocycles. The number of carbonyl (C=O) groups excluding carboxylic acids is 1. The van der Waals surface area contributed by atoms with Crippen molar-refractivity contribution in [2.24, 2.45) is 0 Å². The highest BCUT2D eigenvalue weighted by Gasteiger charge is 2.18. The summed E-state index contributed by atoms with van der Waals surface area (Å²) in [6.45, 7) is 0. The van der Waals surface area contributed by atoms with Crippen molar-refractivity contribution in [2.45, 2.75) is 0 Å². The quantitative estimate of drug-likeness (QED) is 0.840. The minimum Gasteiger partial charge on any atom is -0.311 e. The van der Waals surface area contributed by atoms with Gasteiger partial charge in [0.2, 0.25) is 0 Å². The molecular formula is C15H10BrFN2O. The molecule has 1 amide bonds. The van der Waals surface area contributed by atoms with E-state index in [0.29, 0.717) is 11.3 Å². The van der Waals surface area contributed by atoms with E-state index in [9.17, 15) is 9.18 Å². The second-order valence-electron chi connectivity index (χ2n) is 4.13. The monoisotopic (exact) mass is 332 g/mol. The number of rotatable bonds is 2. The lowest BCUT2D eigenvalue weighted by molar-refractivity contribution is 0.0992. The molecule has 0 spiro atoms. The highest BCUT2D eigenvalue weighted by Crippen LogP contribution is 2.24. The fourth-order valence-electron chi connectivity index (χ4n) is 1.75. The predicted molar refractivity (Wildman–Crippen MR) is 78.0 cm³/mol. The molecule has 0 unspecified atom stereocenters. The molecule has 3 nitrogen and oxygen atoms in total. The summed E-state index contributed by atoms with van der Waals surface area (Å²) in [5.74, 6) is -0.846. The molecule has 20 heavy (non-hydrogen) atoms. The first-order chi connectivity index (χ1) is 9.54. The zero-order chi connectivity index (χ0) is 14.7. The zero-order valence-electron chi connectivity index (χ0n) is 10.6. The highest BCUT2D eigenvalue weighted by atomic mass is 79.9. The minimum absolute atomic E-state index is 0.133. The maximum Gasteiger partial charge on any atom is 0.259 e. The van der Waals surface area contributed by atoms with Crippen LogP contribution in [-0.4, -0.2) is 13.0 Å². The van der Waals surface area contributed by atoms with Gasteiger partial charge in [-0.2, -0.15) is 5.26 Å². The first-order valence-corrected chi connectivity index (χ1v) is 6.56. The average Bonchev–Trinajstić information content (AvgIpc) is 2.48. The molecule has 0 N–H and O–H groups in total. The first-order valence-electron chi connectivity index (χ1n) is 5.77. The highest BCUT2D eigenvalue weighted by molar-refractivity contribution is 9.10. The summed E-state index contributed by atoms with van der Waals surface area (Å²) in [6, 6.07) is 13.0. The summed E-state index contributed by atoms with van der Waals surface area (Å²) in [5.41, 5.74) is 1.26. The summed E-state index contributed by atoms with van der Waals surface area (Å²) in [4.78, 5) is 13.7. The van der Waals surface area contributed by atoms with Gasteiger partial charge < -0.3 is 4.90 Å². The Balaban J connectivity index is 2.38. The van der Waals surface area contributed by atoms with Gasteiger partial charge in [0.05, 0.1) is 21.7 Å². The van der Waals surface area contributed by atoms with Crippen LogP contribution in [0.25, 0.3) is 0 Å². The summed E-state index contributed by atoms with van der Waals surface area (Å²) in [6.07, 6.45) is 0. The van der Waals surface area contributed by atoms with Crippen LogP contribution in [0, 0.1) is 17.1 Å². The summed E-state index contributed by atoms with van der Waals surface area (Å²) >= 11 is 3.07. The Hall–Kier alpha value is -2.19. The fraction of sp³-hybridized carbons (Fsp3) is 0.0667. The largest absolute Gasteiger partial charge is 0.311 e. The molecule has 0 atom stereocenters. The van der Waals surface area contributed by atoms with Gasteiger partial charge in [-0.05, 0) is 46.3 Å².